The number of rotatable bonds is 4. The van der Waals surface area contributed by atoms with Gasteiger partial charge in [-0.3, -0.25) is 4.79 Å². The van der Waals surface area contributed by atoms with Gasteiger partial charge in [0.15, 0.2) is 0 Å². The Morgan fingerprint density at radius 2 is 2.19 bits per heavy atom. The lowest BCUT2D eigenvalue weighted by Gasteiger charge is -2.33. The molecular formula is C18H23NO2. The number of carbonyl (C=O) groups is 1. The van der Waals surface area contributed by atoms with Crippen LogP contribution in [0.15, 0.2) is 29.8 Å². The number of carbonyl (C=O) groups excluding carboxylic acids is 1. The summed E-state index contributed by atoms with van der Waals surface area (Å²) in [6.07, 6.45) is 1.62. The Kier molecular flexibility index (Phi) is 4.11. The molecule has 0 amide bonds. The summed E-state index contributed by atoms with van der Waals surface area (Å²) in [7, 11) is 0. The summed E-state index contributed by atoms with van der Waals surface area (Å²) < 4.78 is 5.02. The Labute approximate surface area is 126 Å². The zero-order chi connectivity index (χ0) is 14.8. The fraction of sp³-hybridized carbons (Fsp3) is 0.500. The molecule has 1 fully saturated rings. The third-order valence-electron chi connectivity index (χ3n) is 4.72. The zero-order valence-electron chi connectivity index (χ0n) is 12.9. The van der Waals surface area contributed by atoms with E-state index in [4.69, 9.17) is 4.74 Å². The molecule has 0 bridgehead atoms. The molecule has 0 spiro atoms. The summed E-state index contributed by atoms with van der Waals surface area (Å²) in [6, 6.07) is 8.75. The highest BCUT2D eigenvalue weighted by Gasteiger charge is 2.33. The molecular weight excluding hydrogens is 262 g/mol. The van der Waals surface area contributed by atoms with E-state index < -0.39 is 0 Å². The van der Waals surface area contributed by atoms with Crippen molar-refractivity contribution in [3.63, 3.8) is 0 Å². The Bertz CT molecular complexity index is 576. The van der Waals surface area contributed by atoms with Crippen LogP contribution in [0.1, 0.15) is 43.7 Å². The maximum Gasteiger partial charge on any atom is 0.307 e. The first kappa shape index (κ1) is 14.3. The minimum atomic E-state index is -0.0816. The smallest absolute Gasteiger partial charge is 0.307 e. The van der Waals surface area contributed by atoms with Gasteiger partial charge in [-0.15, -0.1) is 0 Å². The second-order valence-electron chi connectivity index (χ2n) is 5.90. The van der Waals surface area contributed by atoms with Gasteiger partial charge < -0.3 is 9.64 Å². The van der Waals surface area contributed by atoms with Gasteiger partial charge in [-0.05, 0) is 37.0 Å². The number of benzene rings is 1. The Morgan fingerprint density at radius 3 is 3.00 bits per heavy atom. The number of fused-ring (bicyclic) bond motifs is 3. The molecule has 2 aliphatic rings. The lowest BCUT2D eigenvalue weighted by atomic mass is 9.89. The van der Waals surface area contributed by atoms with E-state index in [9.17, 15) is 4.79 Å². The van der Waals surface area contributed by atoms with Crippen LogP contribution in [0.25, 0.3) is 5.57 Å². The Morgan fingerprint density at radius 1 is 1.38 bits per heavy atom. The molecule has 0 aromatic heterocycles. The van der Waals surface area contributed by atoms with Crippen LogP contribution >= 0.6 is 0 Å². The lowest BCUT2D eigenvalue weighted by molar-refractivity contribution is -0.143. The standard InChI is InChI=1S/C18H23NO2/c1-3-21-18(20)9-11-19-10-8-15-13(2)14-6-4-5-7-16(14)17(15)12-19/h4-7,17H,3,8-12H2,1-2H3. The van der Waals surface area contributed by atoms with Gasteiger partial charge in [0, 0.05) is 25.6 Å². The van der Waals surface area contributed by atoms with Crippen LogP contribution in [0, 0.1) is 0 Å². The minimum Gasteiger partial charge on any atom is -0.466 e. The van der Waals surface area contributed by atoms with E-state index in [0.717, 1.165) is 26.1 Å². The molecule has 0 N–H and O–H groups in total. The predicted octanol–water partition coefficient (Wildman–Crippen LogP) is 3.22. The maximum atomic E-state index is 11.5. The van der Waals surface area contributed by atoms with Crippen LogP contribution in [0.5, 0.6) is 0 Å². The molecule has 1 aromatic carbocycles. The number of piperidine rings is 1. The largest absolute Gasteiger partial charge is 0.466 e. The van der Waals surface area contributed by atoms with Gasteiger partial charge in [0.05, 0.1) is 13.0 Å². The maximum absolute atomic E-state index is 11.5. The average molecular weight is 285 g/mol. The van der Waals surface area contributed by atoms with Crippen molar-refractivity contribution in [3.05, 3.63) is 41.0 Å². The van der Waals surface area contributed by atoms with Gasteiger partial charge >= 0.3 is 5.97 Å². The predicted molar refractivity (Wildman–Crippen MR) is 84.1 cm³/mol. The first-order valence-electron chi connectivity index (χ1n) is 7.87. The third-order valence-corrected chi connectivity index (χ3v) is 4.72. The third kappa shape index (κ3) is 2.75. The number of nitrogens with zero attached hydrogens (tertiary/aromatic N) is 1. The molecule has 1 aliphatic carbocycles. The second kappa shape index (κ2) is 6.02. The number of esters is 1. The SMILES string of the molecule is CCOC(=O)CCN1CCC2=C(C)c3ccccc3C2C1. The number of ether oxygens (including phenoxy) is 1. The van der Waals surface area contributed by atoms with E-state index in [0.29, 0.717) is 18.9 Å². The van der Waals surface area contributed by atoms with Crippen molar-refractivity contribution in [2.75, 3.05) is 26.2 Å². The van der Waals surface area contributed by atoms with Crippen molar-refractivity contribution in [2.45, 2.75) is 32.6 Å². The molecule has 1 aliphatic heterocycles. The lowest BCUT2D eigenvalue weighted by Crippen LogP contribution is -2.36. The summed E-state index contributed by atoms with van der Waals surface area (Å²) in [4.78, 5) is 13.9. The molecule has 1 atom stereocenters. The average Bonchev–Trinajstić information content (AvgIpc) is 2.79. The summed E-state index contributed by atoms with van der Waals surface area (Å²) in [6.45, 7) is 7.47. The Hall–Kier alpha value is -1.61. The summed E-state index contributed by atoms with van der Waals surface area (Å²) >= 11 is 0. The topological polar surface area (TPSA) is 29.5 Å². The van der Waals surface area contributed by atoms with Crippen molar-refractivity contribution in [1.29, 1.82) is 0 Å². The number of likely N-dealkylation sites (tertiary alicyclic amines) is 1. The summed E-state index contributed by atoms with van der Waals surface area (Å²) in [5.41, 5.74) is 5.96. The van der Waals surface area contributed by atoms with Crippen LogP contribution in [-0.4, -0.2) is 37.1 Å². The van der Waals surface area contributed by atoms with E-state index >= 15 is 0 Å². The van der Waals surface area contributed by atoms with Gasteiger partial charge in [0.1, 0.15) is 0 Å². The molecule has 112 valence electrons. The number of hydrogen-bond donors (Lipinski definition) is 0. The highest BCUT2D eigenvalue weighted by atomic mass is 16.5. The molecule has 3 nitrogen and oxygen atoms in total. The molecule has 0 radical (unpaired) electrons. The second-order valence-corrected chi connectivity index (χ2v) is 5.90. The zero-order valence-corrected chi connectivity index (χ0v) is 12.9. The van der Waals surface area contributed by atoms with Gasteiger partial charge in [0.25, 0.3) is 0 Å². The van der Waals surface area contributed by atoms with Crippen LogP contribution < -0.4 is 0 Å². The molecule has 3 heteroatoms. The normalized spacial score (nSPS) is 21.1. The first-order valence-corrected chi connectivity index (χ1v) is 7.87. The highest BCUT2D eigenvalue weighted by molar-refractivity contribution is 5.77. The highest BCUT2D eigenvalue weighted by Crippen LogP contribution is 2.45. The fourth-order valence-corrected chi connectivity index (χ4v) is 3.65. The quantitative estimate of drug-likeness (QED) is 0.796. The van der Waals surface area contributed by atoms with E-state index in [2.05, 4.69) is 36.1 Å². The molecule has 1 unspecified atom stereocenters. The Balaban J connectivity index is 1.67. The van der Waals surface area contributed by atoms with Crippen LogP contribution in [-0.2, 0) is 9.53 Å². The van der Waals surface area contributed by atoms with Crippen molar-refractivity contribution < 1.29 is 9.53 Å². The first-order chi connectivity index (χ1) is 10.2. The molecule has 21 heavy (non-hydrogen) atoms. The monoisotopic (exact) mass is 285 g/mol. The van der Waals surface area contributed by atoms with Crippen molar-refractivity contribution >= 4 is 11.5 Å². The fourth-order valence-electron chi connectivity index (χ4n) is 3.65. The van der Waals surface area contributed by atoms with Crippen molar-refractivity contribution in [1.82, 2.24) is 4.90 Å². The molecule has 1 saturated heterocycles. The van der Waals surface area contributed by atoms with E-state index in [1.54, 1.807) is 5.57 Å². The molecule has 3 rings (SSSR count). The number of hydrogen-bond acceptors (Lipinski definition) is 3. The van der Waals surface area contributed by atoms with E-state index in [1.807, 2.05) is 6.92 Å². The van der Waals surface area contributed by atoms with Crippen molar-refractivity contribution in [2.24, 2.45) is 0 Å². The van der Waals surface area contributed by atoms with Crippen LogP contribution in [0.3, 0.4) is 0 Å². The van der Waals surface area contributed by atoms with E-state index in [1.165, 1.54) is 16.7 Å². The van der Waals surface area contributed by atoms with Crippen molar-refractivity contribution in [3.8, 4) is 0 Å². The number of allylic oxidation sites excluding steroid dienone is 1. The summed E-state index contributed by atoms with van der Waals surface area (Å²) in [5, 5.41) is 0. The van der Waals surface area contributed by atoms with Crippen LogP contribution in [0.2, 0.25) is 0 Å². The van der Waals surface area contributed by atoms with Gasteiger partial charge in [0.2, 0.25) is 0 Å². The van der Waals surface area contributed by atoms with Gasteiger partial charge in [-0.25, -0.2) is 0 Å². The minimum absolute atomic E-state index is 0.0816. The van der Waals surface area contributed by atoms with Gasteiger partial charge in [-0.2, -0.15) is 0 Å². The summed E-state index contributed by atoms with van der Waals surface area (Å²) in [5.74, 6) is 0.444. The van der Waals surface area contributed by atoms with Crippen LogP contribution in [0.4, 0.5) is 0 Å². The van der Waals surface area contributed by atoms with E-state index in [-0.39, 0.29) is 5.97 Å². The molecule has 1 heterocycles. The van der Waals surface area contributed by atoms with Gasteiger partial charge in [-0.1, -0.05) is 29.8 Å². The molecule has 0 saturated carbocycles. The molecule has 1 aromatic rings.